The molecule has 2 amide bonds. The van der Waals surface area contributed by atoms with Crippen molar-refractivity contribution < 1.29 is 24.2 Å². The summed E-state index contributed by atoms with van der Waals surface area (Å²) in [5.74, 6) is -1.09. The van der Waals surface area contributed by atoms with E-state index in [0.29, 0.717) is 12.8 Å². The zero-order chi connectivity index (χ0) is 25.0. The van der Waals surface area contributed by atoms with Crippen molar-refractivity contribution in [1.29, 1.82) is 0 Å². The van der Waals surface area contributed by atoms with Gasteiger partial charge in [0.2, 0.25) is 5.91 Å². The van der Waals surface area contributed by atoms with Crippen LogP contribution in [0.2, 0.25) is 0 Å². The molecule has 0 aliphatic heterocycles. The predicted octanol–water partition coefficient (Wildman–Crippen LogP) is 4.94. The van der Waals surface area contributed by atoms with Gasteiger partial charge >= 0.3 is 12.1 Å². The van der Waals surface area contributed by atoms with E-state index in [1.54, 1.807) is 18.9 Å². The number of carbonyl (C=O) groups is 3. The highest BCUT2D eigenvalue weighted by Gasteiger charge is 2.40. The molecule has 0 spiro atoms. The second-order valence-electron chi connectivity index (χ2n) is 9.88. The molecule has 0 bridgehead atoms. The highest BCUT2D eigenvalue weighted by Crippen LogP contribution is 2.44. The number of alkyl carbamates (subject to hydrolysis) is 1. The molecule has 7 nitrogen and oxygen atoms in total. The van der Waals surface area contributed by atoms with Crippen LogP contribution in [-0.2, 0) is 14.3 Å². The molecule has 1 fully saturated rings. The normalized spacial score (nSPS) is 17.1. The first-order chi connectivity index (χ1) is 16.8. The molecule has 2 aliphatic rings. The third-order valence-corrected chi connectivity index (χ3v) is 7.54. The van der Waals surface area contributed by atoms with Gasteiger partial charge in [-0.1, -0.05) is 67.8 Å². The van der Waals surface area contributed by atoms with E-state index in [2.05, 4.69) is 29.6 Å². The largest absolute Gasteiger partial charge is 0.481 e. The van der Waals surface area contributed by atoms with Crippen molar-refractivity contribution in [3.63, 3.8) is 0 Å². The maximum Gasteiger partial charge on any atom is 0.407 e. The van der Waals surface area contributed by atoms with Gasteiger partial charge in [0.25, 0.3) is 0 Å². The lowest BCUT2D eigenvalue weighted by Gasteiger charge is -2.44. The van der Waals surface area contributed by atoms with Crippen LogP contribution in [0.5, 0.6) is 0 Å². The first kappa shape index (κ1) is 24.8. The second-order valence-corrected chi connectivity index (χ2v) is 9.88. The van der Waals surface area contributed by atoms with Gasteiger partial charge in [0.1, 0.15) is 6.61 Å². The summed E-state index contributed by atoms with van der Waals surface area (Å²) >= 11 is 0. The number of hydrogen-bond donors (Lipinski definition) is 2. The number of nitrogens with one attached hydrogen (secondary N) is 1. The molecule has 2 N–H and O–H groups in total. The van der Waals surface area contributed by atoms with Gasteiger partial charge in [0, 0.05) is 25.4 Å². The molecule has 0 radical (unpaired) electrons. The minimum atomic E-state index is -0.892. The van der Waals surface area contributed by atoms with Crippen molar-refractivity contribution in [2.24, 2.45) is 0 Å². The van der Waals surface area contributed by atoms with E-state index in [4.69, 9.17) is 4.74 Å². The van der Waals surface area contributed by atoms with Gasteiger partial charge in [0.15, 0.2) is 0 Å². The second kappa shape index (κ2) is 10.5. The zero-order valence-electron chi connectivity index (χ0n) is 20.5. The third kappa shape index (κ3) is 5.34. The van der Waals surface area contributed by atoms with Crippen molar-refractivity contribution in [3.8, 4) is 11.1 Å². The molecule has 2 aromatic carbocycles. The fraction of sp³-hybridized carbons (Fsp3) is 0.464. The van der Waals surface area contributed by atoms with Gasteiger partial charge in [-0.15, -0.1) is 0 Å². The molecule has 186 valence electrons. The molecular formula is C28H34N2O5. The zero-order valence-corrected chi connectivity index (χ0v) is 20.5. The quantitative estimate of drug-likeness (QED) is 0.560. The fourth-order valence-corrected chi connectivity index (χ4v) is 5.68. The van der Waals surface area contributed by atoms with Crippen LogP contribution < -0.4 is 5.32 Å². The average Bonchev–Trinajstić information content (AvgIpc) is 3.16. The molecule has 2 aromatic rings. The van der Waals surface area contributed by atoms with Crippen LogP contribution >= 0.6 is 0 Å². The van der Waals surface area contributed by atoms with Gasteiger partial charge in [-0.3, -0.25) is 9.59 Å². The minimum absolute atomic E-state index is 0.0293. The Morgan fingerprint density at radius 3 is 2.17 bits per heavy atom. The number of hydrogen-bond acceptors (Lipinski definition) is 4. The van der Waals surface area contributed by atoms with Crippen LogP contribution in [0.25, 0.3) is 11.1 Å². The maximum atomic E-state index is 13.0. The Hall–Kier alpha value is -3.35. The Kier molecular flexibility index (Phi) is 7.43. The highest BCUT2D eigenvalue weighted by atomic mass is 16.5. The van der Waals surface area contributed by atoms with E-state index in [0.717, 1.165) is 41.5 Å². The molecule has 0 aromatic heterocycles. The lowest BCUT2D eigenvalue weighted by atomic mass is 9.78. The number of nitrogens with zero attached hydrogens (tertiary/aromatic N) is 1. The molecule has 35 heavy (non-hydrogen) atoms. The van der Waals surface area contributed by atoms with Crippen molar-refractivity contribution in [2.75, 3.05) is 13.7 Å². The van der Waals surface area contributed by atoms with E-state index in [-0.39, 0.29) is 31.3 Å². The van der Waals surface area contributed by atoms with Gasteiger partial charge in [0.05, 0.1) is 12.0 Å². The number of carboxylic acids is 1. The number of carboxylic acid groups (broad SMARTS) is 1. The van der Waals surface area contributed by atoms with Gasteiger partial charge in [-0.05, 0) is 42.0 Å². The summed E-state index contributed by atoms with van der Waals surface area (Å²) in [5.41, 5.74) is 3.96. The summed E-state index contributed by atoms with van der Waals surface area (Å²) in [4.78, 5) is 38.7. The Labute approximate surface area is 206 Å². The molecule has 1 saturated carbocycles. The fourth-order valence-electron chi connectivity index (χ4n) is 5.68. The van der Waals surface area contributed by atoms with E-state index < -0.39 is 23.6 Å². The van der Waals surface area contributed by atoms with E-state index >= 15 is 0 Å². The SMILES string of the molecule is C[C@@H](CC(=O)N(C)C1(CC(=O)O)CCCCC1)NC(=O)OCC1c2ccccc2-c2ccccc21. The standard InChI is InChI=1S/C28H34N2O5/c1-19(16-25(31)30(2)28(17-26(32)33)14-8-3-9-15-28)29-27(34)35-18-24-22-12-6-4-10-20(22)21-11-5-7-13-23(21)24/h4-7,10-13,19,24H,3,8-9,14-18H2,1-2H3,(H,29,34)(H,32,33)/t19-/m0/s1. The topological polar surface area (TPSA) is 95.9 Å². The van der Waals surface area contributed by atoms with Crippen molar-refractivity contribution in [3.05, 3.63) is 59.7 Å². The Bertz CT molecular complexity index is 1050. The first-order valence-electron chi connectivity index (χ1n) is 12.4. The van der Waals surface area contributed by atoms with E-state index in [1.165, 1.54) is 0 Å². The number of carbonyl (C=O) groups excluding carboxylic acids is 2. The van der Waals surface area contributed by atoms with Crippen LogP contribution in [0, 0.1) is 0 Å². The number of fused-ring (bicyclic) bond motifs is 3. The first-order valence-corrected chi connectivity index (χ1v) is 12.4. The number of aliphatic carboxylic acids is 1. The van der Waals surface area contributed by atoms with Crippen molar-refractivity contribution in [2.45, 2.75) is 69.4 Å². The van der Waals surface area contributed by atoms with Crippen LogP contribution in [0.4, 0.5) is 4.79 Å². The molecule has 1 atom stereocenters. The van der Waals surface area contributed by atoms with Crippen LogP contribution in [0.1, 0.15) is 68.9 Å². The Morgan fingerprint density at radius 1 is 1.03 bits per heavy atom. The summed E-state index contributed by atoms with van der Waals surface area (Å²) in [5, 5.41) is 12.2. The lowest BCUT2D eigenvalue weighted by molar-refractivity contribution is -0.146. The van der Waals surface area contributed by atoms with E-state index in [9.17, 15) is 19.5 Å². The molecular weight excluding hydrogens is 444 g/mol. The number of amides is 2. The molecule has 7 heteroatoms. The van der Waals surface area contributed by atoms with Crippen molar-refractivity contribution in [1.82, 2.24) is 10.2 Å². The van der Waals surface area contributed by atoms with Crippen LogP contribution in [0.3, 0.4) is 0 Å². The molecule has 0 unspecified atom stereocenters. The highest BCUT2D eigenvalue weighted by molar-refractivity contribution is 5.80. The maximum absolute atomic E-state index is 13.0. The number of benzene rings is 2. The van der Waals surface area contributed by atoms with Crippen LogP contribution in [-0.4, -0.2) is 53.2 Å². The third-order valence-electron chi connectivity index (χ3n) is 7.54. The molecule has 4 rings (SSSR count). The summed E-state index contributed by atoms with van der Waals surface area (Å²) in [6.07, 6.45) is 3.74. The lowest BCUT2D eigenvalue weighted by Crippen LogP contribution is -2.53. The smallest absolute Gasteiger partial charge is 0.407 e. The summed E-state index contributed by atoms with van der Waals surface area (Å²) in [7, 11) is 1.69. The average molecular weight is 479 g/mol. The number of rotatable bonds is 8. The summed E-state index contributed by atoms with van der Waals surface area (Å²) < 4.78 is 5.59. The molecule has 0 saturated heterocycles. The number of ether oxygens (including phenoxy) is 1. The van der Waals surface area contributed by atoms with Crippen LogP contribution in [0.15, 0.2) is 48.5 Å². The Balaban J connectivity index is 1.33. The predicted molar refractivity (Wildman–Crippen MR) is 133 cm³/mol. The van der Waals surface area contributed by atoms with Gasteiger partial charge in [-0.2, -0.15) is 0 Å². The van der Waals surface area contributed by atoms with Gasteiger partial charge in [-0.25, -0.2) is 4.79 Å². The summed E-state index contributed by atoms with van der Waals surface area (Å²) in [6, 6.07) is 15.9. The molecule has 2 aliphatic carbocycles. The molecule has 0 heterocycles. The summed E-state index contributed by atoms with van der Waals surface area (Å²) in [6.45, 7) is 1.97. The van der Waals surface area contributed by atoms with Gasteiger partial charge < -0.3 is 20.1 Å². The minimum Gasteiger partial charge on any atom is -0.481 e. The monoisotopic (exact) mass is 478 g/mol. The van der Waals surface area contributed by atoms with E-state index in [1.807, 2.05) is 24.3 Å². The Morgan fingerprint density at radius 2 is 1.60 bits per heavy atom. The van der Waals surface area contributed by atoms with Crippen molar-refractivity contribution >= 4 is 18.0 Å².